The number of aliphatic hydroxyl groups is 1. The molecule has 2 aliphatic heterocycles. The molecule has 4 aromatic rings. The van der Waals surface area contributed by atoms with Gasteiger partial charge in [-0.05, 0) is 90.5 Å². The lowest BCUT2D eigenvalue weighted by Crippen LogP contribution is -2.31. The number of rotatable bonds is 5. The Balaban J connectivity index is 1.40. The molecule has 4 bridgehead atoms. The third-order valence-corrected chi connectivity index (χ3v) is 10.8. The van der Waals surface area contributed by atoms with Crippen LogP contribution in [0, 0.1) is 17.8 Å². The fraction of sp³-hybridized carbons (Fsp3) is 0.350. The number of carbonyl (C=O) groups is 1. The van der Waals surface area contributed by atoms with Crippen LogP contribution in [-0.2, 0) is 34.2 Å². The summed E-state index contributed by atoms with van der Waals surface area (Å²) < 4.78 is 24.1. The summed E-state index contributed by atoms with van der Waals surface area (Å²) in [5, 5.41) is 31.5. The Morgan fingerprint density at radius 3 is 2.74 bits per heavy atom. The normalized spacial score (nSPS) is 22.3. The fourth-order valence-corrected chi connectivity index (χ4v) is 8.85. The number of aromatic hydroxyl groups is 2. The number of phenols is 2. The average molecular weight is 675 g/mol. The first-order valence-corrected chi connectivity index (χ1v) is 16.9. The highest BCUT2D eigenvalue weighted by Crippen LogP contribution is 2.62. The van der Waals surface area contributed by atoms with Crippen molar-refractivity contribution in [1.29, 1.82) is 0 Å². The zero-order chi connectivity index (χ0) is 34.7. The van der Waals surface area contributed by atoms with Crippen molar-refractivity contribution in [2.75, 3.05) is 26.2 Å². The molecule has 1 fully saturated rings. The molecule has 8 rings (SSSR count). The molecule has 2 aliphatic carbocycles. The summed E-state index contributed by atoms with van der Waals surface area (Å²) in [6, 6.07) is 14.7. The Morgan fingerprint density at radius 1 is 1.08 bits per heavy atom. The van der Waals surface area contributed by atoms with Crippen LogP contribution in [0.1, 0.15) is 77.3 Å². The van der Waals surface area contributed by atoms with E-state index in [1.54, 1.807) is 18.2 Å². The molecular weight excluding hydrogens is 636 g/mol. The van der Waals surface area contributed by atoms with E-state index in [4.69, 9.17) is 24.7 Å². The molecule has 1 spiro atoms. The molecule has 0 unspecified atom stereocenters. The van der Waals surface area contributed by atoms with Crippen LogP contribution in [0.4, 0.5) is 5.82 Å². The van der Waals surface area contributed by atoms with Crippen molar-refractivity contribution in [2.45, 2.75) is 62.9 Å². The molecule has 4 atom stereocenters. The SMILES string of the molecule is COc1cc2c(cc1O)CC#Cc1nc(N)ccc1C[C@H]1CC[C@]3(Cc4cc(O)cc(OCO)c4-c4ccc5c(c43)O[C@H]2[C@H]5COC(C)=O)C1. The van der Waals surface area contributed by atoms with Crippen molar-refractivity contribution in [2.24, 2.45) is 5.92 Å². The Hall–Kier alpha value is -5.40. The third-order valence-electron chi connectivity index (χ3n) is 10.8. The van der Waals surface area contributed by atoms with Crippen LogP contribution in [-0.4, -0.2) is 46.8 Å². The van der Waals surface area contributed by atoms with Gasteiger partial charge in [0, 0.05) is 47.1 Å². The Labute approximate surface area is 289 Å². The maximum Gasteiger partial charge on any atom is 0.302 e. The number of methoxy groups -OCH3 is 1. The van der Waals surface area contributed by atoms with Gasteiger partial charge in [-0.1, -0.05) is 24.1 Å². The third kappa shape index (κ3) is 5.24. The second kappa shape index (κ2) is 12.2. The Bertz CT molecular complexity index is 2120. The molecule has 5 N–H and O–H groups in total. The van der Waals surface area contributed by atoms with E-state index in [9.17, 15) is 20.1 Å². The topological polar surface area (TPSA) is 154 Å². The molecule has 10 nitrogen and oxygen atoms in total. The number of pyridine rings is 1. The lowest BCUT2D eigenvalue weighted by atomic mass is 9.65. The summed E-state index contributed by atoms with van der Waals surface area (Å²) in [7, 11) is 1.50. The van der Waals surface area contributed by atoms with E-state index in [1.807, 2.05) is 18.2 Å². The van der Waals surface area contributed by atoms with Crippen molar-refractivity contribution in [3.63, 3.8) is 0 Å². The highest BCUT2D eigenvalue weighted by molar-refractivity contribution is 5.84. The van der Waals surface area contributed by atoms with Gasteiger partial charge in [-0.3, -0.25) is 4.79 Å². The first-order chi connectivity index (χ1) is 24.2. The van der Waals surface area contributed by atoms with Crippen LogP contribution >= 0.6 is 0 Å². The quantitative estimate of drug-likeness (QED) is 0.119. The molecule has 50 heavy (non-hydrogen) atoms. The highest BCUT2D eigenvalue weighted by Gasteiger charge is 2.51. The van der Waals surface area contributed by atoms with E-state index in [2.05, 4.69) is 22.9 Å². The molecule has 0 saturated heterocycles. The number of phenolic OH excluding ortho intramolecular Hbond substituents is 2. The molecular formula is C40H38N2O8. The van der Waals surface area contributed by atoms with Crippen LogP contribution in [0.2, 0.25) is 0 Å². The van der Waals surface area contributed by atoms with Gasteiger partial charge in [0.05, 0.1) is 13.0 Å². The first kappa shape index (κ1) is 31.8. The highest BCUT2D eigenvalue weighted by atomic mass is 16.6. The van der Waals surface area contributed by atoms with Crippen LogP contribution in [0.3, 0.4) is 0 Å². The number of carbonyl (C=O) groups excluding carboxylic acids is 1. The van der Waals surface area contributed by atoms with E-state index < -0.39 is 18.9 Å². The van der Waals surface area contributed by atoms with Gasteiger partial charge in [0.2, 0.25) is 0 Å². The smallest absolute Gasteiger partial charge is 0.302 e. The van der Waals surface area contributed by atoms with E-state index in [1.165, 1.54) is 20.1 Å². The maximum absolute atomic E-state index is 12.2. The molecule has 3 heterocycles. The van der Waals surface area contributed by atoms with Gasteiger partial charge in [0.1, 0.15) is 41.5 Å². The van der Waals surface area contributed by atoms with E-state index in [0.717, 1.165) is 75.9 Å². The lowest BCUT2D eigenvalue weighted by molar-refractivity contribution is -0.141. The minimum atomic E-state index is -0.600. The number of hydrogen-bond donors (Lipinski definition) is 4. The number of nitrogen functional groups attached to an aromatic ring is 1. The van der Waals surface area contributed by atoms with Gasteiger partial charge in [-0.2, -0.15) is 0 Å². The predicted molar refractivity (Wildman–Crippen MR) is 184 cm³/mol. The average Bonchev–Trinajstić information content (AvgIpc) is 3.65. The molecule has 3 aromatic carbocycles. The van der Waals surface area contributed by atoms with Crippen molar-refractivity contribution in [3.8, 4) is 51.7 Å². The van der Waals surface area contributed by atoms with Gasteiger partial charge in [0.15, 0.2) is 18.3 Å². The van der Waals surface area contributed by atoms with Gasteiger partial charge in [-0.15, -0.1) is 0 Å². The summed E-state index contributed by atoms with van der Waals surface area (Å²) in [5.74, 6) is 7.96. The van der Waals surface area contributed by atoms with Gasteiger partial charge in [-0.25, -0.2) is 4.98 Å². The summed E-state index contributed by atoms with van der Waals surface area (Å²) in [5.41, 5.74) is 13.6. The maximum atomic E-state index is 12.2. The molecule has 1 aromatic heterocycles. The number of fused-ring (bicyclic) bond motifs is 7. The van der Waals surface area contributed by atoms with Crippen LogP contribution in [0.25, 0.3) is 11.1 Å². The number of hydrogen-bond acceptors (Lipinski definition) is 10. The number of nitrogens with zero attached hydrogens (tertiary/aromatic N) is 1. The van der Waals surface area contributed by atoms with Crippen molar-refractivity contribution in [1.82, 2.24) is 4.98 Å². The minimum Gasteiger partial charge on any atom is -0.508 e. The molecule has 0 radical (unpaired) electrons. The van der Waals surface area contributed by atoms with E-state index in [-0.39, 0.29) is 41.6 Å². The van der Waals surface area contributed by atoms with Crippen molar-refractivity contribution < 1.29 is 39.1 Å². The largest absolute Gasteiger partial charge is 0.508 e. The van der Waals surface area contributed by atoms with Gasteiger partial charge < -0.3 is 40.0 Å². The summed E-state index contributed by atoms with van der Waals surface area (Å²) in [6.07, 6.45) is 3.75. The molecule has 4 aliphatic rings. The fourth-order valence-electron chi connectivity index (χ4n) is 8.85. The number of nitrogens with two attached hydrogens (primary N) is 1. The zero-order valence-electron chi connectivity index (χ0n) is 27.9. The number of benzene rings is 3. The van der Waals surface area contributed by atoms with Crippen molar-refractivity contribution >= 4 is 11.8 Å². The van der Waals surface area contributed by atoms with E-state index in [0.29, 0.717) is 29.6 Å². The monoisotopic (exact) mass is 674 g/mol. The minimum absolute atomic E-state index is 0.0225. The standard InChI is InChI=1S/C40H38N2O8/c1-21(44)48-19-30-27-7-8-28-36-25(13-26(45)15-34(36)49-20-43)18-40-11-10-22(17-40)12-24-6-9-35(41)42-31(24)5-3-4-23-14-32(46)33(47-2)16-29(23)38(30)50-39(27)37(28)40/h6-9,13-16,22,30,38,43,45-46H,4,10-12,17-20H2,1-2H3,(H2,41,42)/t22-,30+,38-,40-/m1/s1. The molecule has 1 saturated carbocycles. The predicted octanol–water partition coefficient (Wildman–Crippen LogP) is 5.60. The summed E-state index contributed by atoms with van der Waals surface area (Å²) >= 11 is 0. The lowest BCUT2D eigenvalue weighted by Gasteiger charge is -2.39. The van der Waals surface area contributed by atoms with Gasteiger partial charge in [0.25, 0.3) is 0 Å². The van der Waals surface area contributed by atoms with Gasteiger partial charge >= 0.3 is 5.97 Å². The molecule has 10 heteroatoms. The van der Waals surface area contributed by atoms with Crippen LogP contribution < -0.4 is 19.9 Å². The van der Waals surface area contributed by atoms with E-state index >= 15 is 0 Å². The molecule has 256 valence electrons. The first-order valence-electron chi connectivity index (χ1n) is 16.9. The Morgan fingerprint density at radius 2 is 1.94 bits per heavy atom. The zero-order valence-corrected chi connectivity index (χ0v) is 27.9. The van der Waals surface area contributed by atoms with Crippen LogP contribution in [0.15, 0.2) is 48.5 Å². The number of aliphatic hydroxyl groups excluding tert-OH is 1. The number of anilines is 1. The molecule has 0 amide bonds. The van der Waals surface area contributed by atoms with Crippen LogP contribution in [0.5, 0.6) is 28.7 Å². The number of aromatic nitrogens is 1. The number of esters is 1. The second-order valence-electron chi connectivity index (χ2n) is 13.8. The summed E-state index contributed by atoms with van der Waals surface area (Å²) in [4.78, 5) is 16.8. The Kier molecular flexibility index (Phi) is 7.76. The number of ether oxygens (including phenoxy) is 4. The summed E-state index contributed by atoms with van der Waals surface area (Å²) in [6.45, 7) is 0.927. The van der Waals surface area contributed by atoms with Crippen molar-refractivity contribution in [3.05, 3.63) is 87.6 Å². The second-order valence-corrected chi connectivity index (χ2v) is 13.8.